The van der Waals surface area contributed by atoms with Crippen molar-refractivity contribution in [3.05, 3.63) is 66.2 Å². The number of hydrogen-bond acceptors (Lipinski definition) is 3. The lowest BCUT2D eigenvalue weighted by Gasteiger charge is -2.11. The summed E-state index contributed by atoms with van der Waals surface area (Å²) < 4.78 is 10.5. The van der Waals surface area contributed by atoms with Crippen LogP contribution < -0.4 is 14.8 Å². The van der Waals surface area contributed by atoms with Gasteiger partial charge >= 0.3 is 0 Å². The van der Waals surface area contributed by atoms with Crippen LogP contribution in [0.2, 0.25) is 0 Å². The molecule has 0 saturated heterocycles. The zero-order valence-corrected chi connectivity index (χ0v) is 13.0. The molecular formula is C19H17NO3. The Kier molecular flexibility index (Phi) is 4.15. The third-order valence-electron chi connectivity index (χ3n) is 3.70. The summed E-state index contributed by atoms with van der Waals surface area (Å²) >= 11 is 0. The number of carbonyl (C=O) groups is 1. The summed E-state index contributed by atoms with van der Waals surface area (Å²) in [6.45, 7) is 0. The highest BCUT2D eigenvalue weighted by molar-refractivity contribution is 6.13. The first-order valence-electron chi connectivity index (χ1n) is 7.24. The Balaban J connectivity index is 1.94. The molecule has 0 radical (unpaired) electrons. The maximum Gasteiger partial charge on any atom is 0.256 e. The molecule has 1 N–H and O–H groups in total. The van der Waals surface area contributed by atoms with Gasteiger partial charge < -0.3 is 14.8 Å². The van der Waals surface area contributed by atoms with Gasteiger partial charge in [-0.25, -0.2) is 0 Å². The first-order valence-corrected chi connectivity index (χ1v) is 7.24. The van der Waals surface area contributed by atoms with Crippen LogP contribution in [-0.2, 0) is 0 Å². The van der Waals surface area contributed by atoms with E-state index in [2.05, 4.69) is 5.32 Å². The molecule has 23 heavy (non-hydrogen) atoms. The fraction of sp³-hybridized carbons (Fsp3) is 0.105. The highest BCUT2D eigenvalue weighted by Crippen LogP contribution is 2.29. The molecule has 0 saturated carbocycles. The molecule has 0 heterocycles. The van der Waals surface area contributed by atoms with E-state index in [1.54, 1.807) is 20.3 Å². The van der Waals surface area contributed by atoms with Crippen molar-refractivity contribution >= 4 is 22.4 Å². The molecule has 0 fully saturated rings. The predicted molar refractivity (Wildman–Crippen MR) is 91.4 cm³/mol. The van der Waals surface area contributed by atoms with E-state index < -0.39 is 0 Å². The van der Waals surface area contributed by atoms with Crippen LogP contribution in [0.5, 0.6) is 11.5 Å². The number of rotatable bonds is 4. The minimum atomic E-state index is -0.158. The normalized spacial score (nSPS) is 10.3. The van der Waals surface area contributed by atoms with Gasteiger partial charge in [0.15, 0.2) is 0 Å². The summed E-state index contributed by atoms with van der Waals surface area (Å²) in [5.41, 5.74) is 1.33. The lowest BCUT2D eigenvalue weighted by molar-refractivity contribution is 0.102. The van der Waals surface area contributed by atoms with Crippen LogP contribution in [0, 0.1) is 0 Å². The van der Waals surface area contributed by atoms with Gasteiger partial charge in [-0.05, 0) is 41.8 Å². The van der Waals surface area contributed by atoms with E-state index in [1.165, 1.54) is 0 Å². The zero-order valence-electron chi connectivity index (χ0n) is 13.0. The molecule has 0 unspecified atom stereocenters. The second-order valence-electron chi connectivity index (χ2n) is 5.04. The largest absolute Gasteiger partial charge is 0.497 e. The maximum atomic E-state index is 12.6. The van der Waals surface area contributed by atoms with Crippen LogP contribution >= 0.6 is 0 Å². The van der Waals surface area contributed by atoms with Crippen molar-refractivity contribution in [2.45, 2.75) is 0 Å². The molecule has 0 aliphatic carbocycles. The van der Waals surface area contributed by atoms with Crippen LogP contribution in [0.3, 0.4) is 0 Å². The number of nitrogens with one attached hydrogen (secondary N) is 1. The highest BCUT2D eigenvalue weighted by Gasteiger charge is 2.12. The number of carbonyl (C=O) groups excluding carboxylic acids is 1. The summed E-state index contributed by atoms with van der Waals surface area (Å²) in [5.74, 6) is 1.34. The molecule has 1 amide bonds. The average Bonchev–Trinajstić information content (AvgIpc) is 2.61. The van der Waals surface area contributed by atoms with E-state index in [1.807, 2.05) is 54.6 Å². The van der Waals surface area contributed by atoms with Crippen molar-refractivity contribution in [2.75, 3.05) is 19.5 Å². The number of fused-ring (bicyclic) bond motifs is 1. The van der Waals surface area contributed by atoms with Gasteiger partial charge in [0.25, 0.3) is 5.91 Å². The topological polar surface area (TPSA) is 47.6 Å². The van der Waals surface area contributed by atoms with Crippen LogP contribution in [0.4, 0.5) is 5.69 Å². The van der Waals surface area contributed by atoms with E-state index in [0.29, 0.717) is 5.56 Å². The van der Waals surface area contributed by atoms with Crippen LogP contribution in [0.1, 0.15) is 10.4 Å². The van der Waals surface area contributed by atoms with E-state index in [9.17, 15) is 4.79 Å². The molecule has 3 aromatic rings. The van der Waals surface area contributed by atoms with Crippen molar-refractivity contribution in [3.8, 4) is 11.5 Å². The number of hydrogen-bond donors (Lipinski definition) is 1. The Hall–Kier alpha value is -3.01. The standard InChI is InChI=1S/C19H17NO3/c1-22-14-9-7-13(8-10-14)20-19(21)17-11-12-18(23-2)16-6-4-3-5-15(16)17/h3-12H,1-2H3,(H,20,21). The van der Waals surface area contributed by atoms with Gasteiger partial charge in [-0.2, -0.15) is 0 Å². The van der Waals surface area contributed by atoms with Crippen molar-refractivity contribution in [3.63, 3.8) is 0 Å². The van der Waals surface area contributed by atoms with Gasteiger partial charge in [-0.3, -0.25) is 4.79 Å². The molecule has 0 aliphatic heterocycles. The third kappa shape index (κ3) is 2.97. The molecule has 0 bridgehead atoms. The molecule has 3 rings (SSSR count). The van der Waals surface area contributed by atoms with E-state index in [0.717, 1.165) is 28.0 Å². The quantitative estimate of drug-likeness (QED) is 0.789. The minimum absolute atomic E-state index is 0.158. The summed E-state index contributed by atoms with van der Waals surface area (Å²) in [7, 11) is 3.23. The Bertz CT molecular complexity index is 841. The van der Waals surface area contributed by atoms with E-state index in [-0.39, 0.29) is 5.91 Å². The summed E-state index contributed by atoms with van der Waals surface area (Å²) in [6, 6.07) is 18.5. The Labute approximate surface area is 134 Å². The first kappa shape index (κ1) is 14.9. The lowest BCUT2D eigenvalue weighted by Crippen LogP contribution is -2.12. The Morgan fingerprint density at radius 3 is 2.17 bits per heavy atom. The second kappa shape index (κ2) is 6.40. The maximum absolute atomic E-state index is 12.6. The van der Waals surface area contributed by atoms with E-state index in [4.69, 9.17) is 9.47 Å². The lowest BCUT2D eigenvalue weighted by atomic mass is 10.0. The minimum Gasteiger partial charge on any atom is -0.497 e. The molecular weight excluding hydrogens is 290 g/mol. The molecule has 3 aromatic carbocycles. The first-order chi connectivity index (χ1) is 11.2. The zero-order chi connectivity index (χ0) is 16.2. The van der Waals surface area contributed by atoms with Crippen LogP contribution in [0.25, 0.3) is 10.8 Å². The number of anilines is 1. The third-order valence-corrected chi connectivity index (χ3v) is 3.70. The predicted octanol–water partition coefficient (Wildman–Crippen LogP) is 4.11. The van der Waals surface area contributed by atoms with E-state index >= 15 is 0 Å². The van der Waals surface area contributed by atoms with Gasteiger partial charge in [0, 0.05) is 16.6 Å². The summed E-state index contributed by atoms with van der Waals surface area (Å²) in [4.78, 5) is 12.6. The smallest absolute Gasteiger partial charge is 0.256 e. The van der Waals surface area contributed by atoms with Crippen LogP contribution in [0.15, 0.2) is 60.7 Å². The molecule has 4 heteroatoms. The Morgan fingerprint density at radius 2 is 1.52 bits per heavy atom. The molecule has 116 valence electrons. The molecule has 0 spiro atoms. The van der Waals surface area contributed by atoms with Crippen molar-refractivity contribution in [1.82, 2.24) is 0 Å². The van der Waals surface area contributed by atoms with Gasteiger partial charge in [-0.1, -0.05) is 24.3 Å². The van der Waals surface area contributed by atoms with Gasteiger partial charge in [0.1, 0.15) is 11.5 Å². The second-order valence-corrected chi connectivity index (χ2v) is 5.04. The monoisotopic (exact) mass is 307 g/mol. The Morgan fingerprint density at radius 1 is 0.826 bits per heavy atom. The highest BCUT2D eigenvalue weighted by atomic mass is 16.5. The van der Waals surface area contributed by atoms with Crippen molar-refractivity contribution in [2.24, 2.45) is 0 Å². The van der Waals surface area contributed by atoms with Crippen molar-refractivity contribution in [1.29, 1.82) is 0 Å². The van der Waals surface area contributed by atoms with Crippen molar-refractivity contribution < 1.29 is 14.3 Å². The average molecular weight is 307 g/mol. The number of amides is 1. The molecule has 0 aromatic heterocycles. The fourth-order valence-corrected chi connectivity index (χ4v) is 2.52. The molecule has 0 aliphatic rings. The van der Waals surface area contributed by atoms with Gasteiger partial charge in [0.2, 0.25) is 0 Å². The fourth-order valence-electron chi connectivity index (χ4n) is 2.52. The summed E-state index contributed by atoms with van der Waals surface area (Å²) in [6.07, 6.45) is 0. The van der Waals surface area contributed by atoms with Gasteiger partial charge in [-0.15, -0.1) is 0 Å². The van der Waals surface area contributed by atoms with Crippen LogP contribution in [-0.4, -0.2) is 20.1 Å². The van der Waals surface area contributed by atoms with Gasteiger partial charge in [0.05, 0.1) is 14.2 Å². The SMILES string of the molecule is COc1ccc(NC(=O)c2ccc(OC)c3ccccc23)cc1. The number of methoxy groups -OCH3 is 2. The number of ether oxygens (including phenoxy) is 2. The summed E-state index contributed by atoms with van der Waals surface area (Å²) in [5, 5.41) is 4.68. The molecule has 0 atom stereocenters. The number of benzene rings is 3. The molecule has 4 nitrogen and oxygen atoms in total.